The number of carbonyl (C=O) groups is 1. The van der Waals surface area contributed by atoms with E-state index in [1.165, 1.54) is 0 Å². The van der Waals surface area contributed by atoms with Crippen LogP contribution in [0.2, 0.25) is 0 Å². The molecular weight excluding hydrogens is 252 g/mol. The molecule has 5 heteroatoms. The molecule has 0 spiro atoms. The molecule has 1 heterocycles. The van der Waals surface area contributed by atoms with E-state index in [0.717, 1.165) is 24.6 Å². The maximum absolute atomic E-state index is 13.5. The molecule has 1 aromatic carbocycles. The van der Waals surface area contributed by atoms with E-state index < -0.39 is 23.5 Å². The van der Waals surface area contributed by atoms with Crippen molar-refractivity contribution in [3.63, 3.8) is 0 Å². The summed E-state index contributed by atoms with van der Waals surface area (Å²) in [6.45, 7) is 3.09. The lowest BCUT2D eigenvalue weighted by atomic mass is 10.0. The molecule has 0 aromatic heterocycles. The fourth-order valence-corrected chi connectivity index (χ4v) is 2.40. The molecule has 0 radical (unpaired) electrons. The molecule has 3 nitrogen and oxygen atoms in total. The lowest BCUT2D eigenvalue weighted by molar-refractivity contribution is 0.0921. The highest BCUT2D eigenvalue weighted by molar-refractivity contribution is 5.97. The molecule has 0 aliphatic carbocycles. The molecule has 2 unspecified atom stereocenters. The molecule has 19 heavy (non-hydrogen) atoms. The third-order valence-electron chi connectivity index (χ3n) is 3.59. The largest absolute Gasteiger partial charge is 0.393 e. The van der Waals surface area contributed by atoms with Crippen molar-refractivity contribution in [2.45, 2.75) is 19.4 Å². The number of ketones is 1. The van der Waals surface area contributed by atoms with E-state index in [0.29, 0.717) is 13.1 Å². The van der Waals surface area contributed by atoms with Gasteiger partial charge in [-0.1, -0.05) is 0 Å². The first-order valence-corrected chi connectivity index (χ1v) is 6.36. The van der Waals surface area contributed by atoms with Gasteiger partial charge >= 0.3 is 0 Å². The first-order chi connectivity index (χ1) is 8.97. The molecule has 1 aromatic rings. The first kappa shape index (κ1) is 14.1. The predicted molar refractivity (Wildman–Crippen MR) is 66.9 cm³/mol. The van der Waals surface area contributed by atoms with Gasteiger partial charge in [0.15, 0.2) is 5.78 Å². The predicted octanol–water partition coefficient (Wildman–Crippen LogP) is 1.85. The normalized spacial score (nSPS) is 21.6. The summed E-state index contributed by atoms with van der Waals surface area (Å²) in [6.07, 6.45) is 0.405. The fourth-order valence-electron chi connectivity index (χ4n) is 2.40. The number of hydrogen-bond donors (Lipinski definition) is 1. The Morgan fingerprint density at radius 3 is 2.89 bits per heavy atom. The summed E-state index contributed by atoms with van der Waals surface area (Å²) >= 11 is 0. The highest BCUT2D eigenvalue weighted by Gasteiger charge is 2.27. The zero-order valence-corrected chi connectivity index (χ0v) is 10.8. The van der Waals surface area contributed by atoms with Gasteiger partial charge in [0.05, 0.1) is 18.2 Å². The highest BCUT2D eigenvalue weighted by atomic mass is 19.1. The van der Waals surface area contributed by atoms with Crippen LogP contribution in [0.15, 0.2) is 18.2 Å². The van der Waals surface area contributed by atoms with Crippen LogP contribution < -0.4 is 0 Å². The summed E-state index contributed by atoms with van der Waals surface area (Å²) in [7, 11) is 0. The number of Topliss-reactive ketones (excluding diaryl/α,β-unsaturated/α-hetero) is 1. The minimum absolute atomic E-state index is 0.0591. The summed E-state index contributed by atoms with van der Waals surface area (Å²) in [6, 6.07) is 2.89. The molecule has 2 atom stereocenters. The Labute approximate surface area is 110 Å². The van der Waals surface area contributed by atoms with Crippen molar-refractivity contribution in [1.29, 1.82) is 0 Å². The summed E-state index contributed by atoms with van der Waals surface area (Å²) in [4.78, 5) is 13.8. The number of aliphatic hydroxyl groups is 1. The maximum atomic E-state index is 13.5. The van der Waals surface area contributed by atoms with Crippen LogP contribution in [0.1, 0.15) is 23.7 Å². The van der Waals surface area contributed by atoms with E-state index in [-0.39, 0.29) is 18.0 Å². The Morgan fingerprint density at radius 1 is 1.53 bits per heavy atom. The smallest absolute Gasteiger partial charge is 0.179 e. The summed E-state index contributed by atoms with van der Waals surface area (Å²) in [5.41, 5.74) is -0.208. The van der Waals surface area contributed by atoms with Crippen molar-refractivity contribution in [2.24, 2.45) is 5.92 Å². The van der Waals surface area contributed by atoms with Gasteiger partial charge in [0.2, 0.25) is 0 Å². The number of benzene rings is 1. The molecule has 2 rings (SSSR count). The van der Waals surface area contributed by atoms with Crippen LogP contribution in [0.5, 0.6) is 0 Å². The van der Waals surface area contributed by atoms with E-state index in [4.69, 9.17) is 0 Å². The van der Waals surface area contributed by atoms with Crippen LogP contribution in [0.3, 0.4) is 0 Å². The molecule has 1 N–H and O–H groups in total. The molecule has 1 fully saturated rings. The van der Waals surface area contributed by atoms with Crippen LogP contribution in [-0.4, -0.2) is 41.5 Å². The molecule has 1 aliphatic rings. The molecular formula is C14H17F2NO2. The monoisotopic (exact) mass is 269 g/mol. The lowest BCUT2D eigenvalue weighted by Crippen LogP contribution is -2.30. The third-order valence-corrected chi connectivity index (χ3v) is 3.59. The van der Waals surface area contributed by atoms with Crippen LogP contribution in [0, 0.1) is 17.6 Å². The van der Waals surface area contributed by atoms with Gasteiger partial charge in [0, 0.05) is 6.54 Å². The van der Waals surface area contributed by atoms with Crippen molar-refractivity contribution in [1.82, 2.24) is 4.90 Å². The lowest BCUT2D eigenvalue weighted by Gasteiger charge is -2.16. The second-order valence-corrected chi connectivity index (χ2v) is 5.07. The van der Waals surface area contributed by atoms with Gasteiger partial charge in [-0.25, -0.2) is 8.78 Å². The van der Waals surface area contributed by atoms with Gasteiger partial charge < -0.3 is 5.11 Å². The van der Waals surface area contributed by atoms with Crippen LogP contribution in [0.25, 0.3) is 0 Å². The zero-order chi connectivity index (χ0) is 14.0. The summed E-state index contributed by atoms with van der Waals surface area (Å²) < 4.78 is 26.5. The molecule has 0 amide bonds. The zero-order valence-electron chi connectivity index (χ0n) is 10.8. The third kappa shape index (κ3) is 3.36. The van der Waals surface area contributed by atoms with Crippen molar-refractivity contribution in [3.8, 4) is 0 Å². The van der Waals surface area contributed by atoms with Gasteiger partial charge in [0.25, 0.3) is 0 Å². The average Bonchev–Trinajstić information content (AvgIpc) is 2.80. The molecule has 104 valence electrons. The van der Waals surface area contributed by atoms with E-state index in [1.807, 2.05) is 4.90 Å². The molecule has 1 saturated heterocycles. The quantitative estimate of drug-likeness (QED) is 0.848. The topological polar surface area (TPSA) is 40.5 Å². The van der Waals surface area contributed by atoms with E-state index in [1.54, 1.807) is 6.92 Å². The number of rotatable bonds is 4. The SMILES string of the molecule is CC(O)C1CCN(CC(=O)c2cc(F)ccc2F)C1. The van der Waals surface area contributed by atoms with Gasteiger partial charge in [-0.3, -0.25) is 9.69 Å². The Kier molecular flexibility index (Phi) is 4.27. The minimum atomic E-state index is -0.697. The second-order valence-electron chi connectivity index (χ2n) is 5.07. The Balaban J connectivity index is 2.00. The van der Waals surface area contributed by atoms with Crippen molar-refractivity contribution < 1.29 is 18.7 Å². The van der Waals surface area contributed by atoms with E-state index in [2.05, 4.69) is 0 Å². The number of halogens is 2. The van der Waals surface area contributed by atoms with Gasteiger partial charge in [-0.2, -0.15) is 0 Å². The number of carbonyl (C=O) groups excluding carboxylic acids is 1. The van der Waals surface area contributed by atoms with E-state index >= 15 is 0 Å². The van der Waals surface area contributed by atoms with Crippen LogP contribution >= 0.6 is 0 Å². The van der Waals surface area contributed by atoms with Crippen molar-refractivity contribution in [3.05, 3.63) is 35.4 Å². The van der Waals surface area contributed by atoms with E-state index in [9.17, 15) is 18.7 Å². The number of hydrogen-bond acceptors (Lipinski definition) is 3. The number of likely N-dealkylation sites (tertiary alicyclic amines) is 1. The number of aliphatic hydroxyl groups excluding tert-OH is 1. The van der Waals surface area contributed by atoms with Gasteiger partial charge in [-0.15, -0.1) is 0 Å². The minimum Gasteiger partial charge on any atom is -0.393 e. The van der Waals surface area contributed by atoms with Gasteiger partial charge in [0.1, 0.15) is 11.6 Å². The second kappa shape index (κ2) is 5.75. The Morgan fingerprint density at radius 2 is 2.26 bits per heavy atom. The molecule has 0 bridgehead atoms. The van der Waals surface area contributed by atoms with Crippen LogP contribution in [0.4, 0.5) is 8.78 Å². The Bertz CT molecular complexity index is 477. The fraction of sp³-hybridized carbons (Fsp3) is 0.500. The molecule has 0 saturated carbocycles. The molecule has 1 aliphatic heterocycles. The Hall–Kier alpha value is -1.33. The van der Waals surface area contributed by atoms with Crippen molar-refractivity contribution >= 4 is 5.78 Å². The summed E-state index contributed by atoms with van der Waals surface area (Å²) in [5.74, 6) is -1.60. The van der Waals surface area contributed by atoms with Crippen LogP contribution in [-0.2, 0) is 0 Å². The highest BCUT2D eigenvalue weighted by Crippen LogP contribution is 2.20. The van der Waals surface area contributed by atoms with Gasteiger partial charge in [-0.05, 0) is 44.0 Å². The van der Waals surface area contributed by atoms with Crippen molar-refractivity contribution in [2.75, 3.05) is 19.6 Å². The summed E-state index contributed by atoms with van der Waals surface area (Å²) in [5, 5.41) is 9.48. The standard InChI is InChI=1S/C14H17F2NO2/c1-9(18)10-4-5-17(7-10)8-14(19)12-6-11(15)2-3-13(12)16/h2-3,6,9-10,18H,4-5,7-8H2,1H3. The first-order valence-electron chi connectivity index (χ1n) is 6.36. The average molecular weight is 269 g/mol. The number of nitrogens with zero attached hydrogens (tertiary/aromatic N) is 1. The maximum Gasteiger partial charge on any atom is 0.179 e.